The normalized spacial score (nSPS) is 13.8. The molecule has 0 atom stereocenters. The van der Waals surface area contributed by atoms with Gasteiger partial charge in [-0.2, -0.15) is 0 Å². The number of likely N-dealkylation sites (tertiary alicyclic amines) is 1. The number of carbonyl (C=O) groups excluding carboxylic acids is 2. The van der Waals surface area contributed by atoms with E-state index < -0.39 is 0 Å². The van der Waals surface area contributed by atoms with Crippen LogP contribution in [0.15, 0.2) is 48.5 Å². The number of carbonyl (C=O) groups is 2. The number of hydrogen-bond donors (Lipinski definition) is 1. The van der Waals surface area contributed by atoms with E-state index in [0.29, 0.717) is 23.4 Å². The van der Waals surface area contributed by atoms with E-state index in [1.165, 1.54) is 6.42 Å². The third kappa shape index (κ3) is 5.35. The Hall–Kier alpha value is -2.82. The minimum Gasteiger partial charge on any atom is -0.494 e. The van der Waals surface area contributed by atoms with Crippen molar-refractivity contribution in [1.82, 2.24) is 4.90 Å². The van der Waals surface area contributed by atoms with Crippen LogP contribution in [0.2, 0.25) is 0 Å². The van der Waals surface area contributed by atoms with Gasteiger partial charge in [0, 0.05) is 29.9 Å². The van der Waals surface area contributed by atoms with E-state index >= 15 is 0 Å². The quantitative estimate of drug-likeness (QED) is 0.706. The molecule has 0 aliphatic carbocycles. The van der Waals surface area contributed by atoms with E-state index in [2.05, 4.69) is 12.2 Å². The monoisotopic (exact) mass is 380 g/mol. The molecule has 1 N–H and O–H groups in total. The van der Waals surface area contributed by atoms with Gasteiger partial charge in [-0.25, -0.2) is 0 Å². The summed E-state index contributed by atoms with van der Waals surface area (Å²) in [6.07, 6.45) is 5.44. The molecule has 1 fully saturated rings. The molecule has 0 spiro atoms. The highest BCUT2D eigenvalue weighted by molar-refractivity contribution is 6.04. The molecule has 0 unspecified atom stereocenters. The number of amides is 2. The maximum absolute atomic E-state index is 12.5. The van der Waals surface area contributed by atoms with Gasteiger partial charge in [-0.05, 0) is 74.2 Å². The van der Waals surface area contributed by atoms with Crippen LogP contribution in [0.1, 0.15) is 59.7 Å². The molecule has 1 aliphatic rings. The van der Waals surface area contributed by atoms with Crippen LogP contribution < -0.4 is 10.1 Å². The summed E-state index contributed by atoms with van der Waals surface area (Å²) in [5.74, 6) is 0.650. The van der Waals surface area contributed by atoms with Crippen molar-refractivity contribution in [3.63, 3.8) is 0 Å². The number of piperidine rings is 1. The summed E-state index contributed by atoms with van der Waals surface area (Å²) in [7, 11) is 0. The second kappa shape index (κ2) is 9.93. The van der Waals surface area contributed by atoms with Gasteiger partial charge in [0.25, 0.3) is 11.8 Å². The number of nitrogens with zero attached hydrogens (tertiary/aromatic N) is 1. The molecule has 0 aromatic heterocycles. The minimum atomic E-state index is -0.185. The van der Waals surface area contributed by atoms with E-state index in [1.807, 2.05) is 17.0 Å². The topological polar surface area (TPSA) is 58.6 Å². The second-order valence-electron chi connectivity index (χ2n) is 7.11. The summed E-state index contributed by atoms with van der Waals surface area (Å²) in [5.41, 5.74) is 1.90. The van der Waals surface area contributed by atoms with Crippen molar-refractivity contribution >= 4 is 17.5 Å². The van der Waals surface area contributed by atoms with Gasteiger partial charge < -0.3 is 15.0 Å². The van der Waals surface area contributed by atoms with Gasteiger partial charge in [0.2, 0.25) is 0 Å². The molecule has 0 radical (unpaired) electrons. The minimum absolute atomic E-state index is 0.0660. The number of rotatable bonds is 7. The first-order chi connectivity index (χ1) is 13.7. The molecular weight excluding hydrogens is 352 g/mol. The highest BCUT2D eigenvalue weighted by Gasteiger charge is 2.18. The Morgan fingerprint density at radius 2 is 1.57 bits per heavy atom. The summed E-state index contributed by atoms with van der Waals surface area (Å²) in [6, 6.07) is 14.2. The molecule has 2 amide bonds. The SMILES string of the molecule is CCCCOc1ccc(C(=O)Nc2ccc(C(=O)N3CCCCC3)cc2)cc1. The zero-order valence-corrected chi connectivity index (χ0v) is 16.4. The van der Waals surface area contributed by atoms with E-state index in [9.17, 15) is 9.59 Å². The highest BCUT2D eigenvalue weighted by atomic mass is 16.5. The lowest BCUT2D eigenvalue weighted by Gasteiger charge is -2.26. The average molecular weight is 380 g/mol. The number of nitrogens with one attached hydrogen (secondary N) is 1. The summed E-state index contributed by atoms with van der Waals surface area (Å²) < 4.78 is 5.62. The molecule has 3 rings (SSSR count). The van der Waals surface area contributed by atoms with Crippen molar-refractivity contribution in [2.45, 2.75) is 39.0 Å². The first kappa shape index (κ1) is 19.9. The first-order valence-electron chi connectivity index (χ1n) is 10.1. The second-order valence-corrected chi connectivity index (χ2v) is 7.11. The van der Waals surface area contributed by atoms with Crippen molar-refractivity contribution < 1.29 is 14.3 Å². The van der Waals surface area contributed by atoms with E-state index in [1.54, 1.807) is 36.4 Å². The average Bonchev–Trinajstić information content (AvgIpc) is 2.75. The van der Waals surface area contributed by atoms with E-state index in [-0.39, 0.29) is 11.8 Å². The molecule has 148 valence electrons. The fraction of sp³-hybridized carbons (Fsp3) is 0.391. The van der Waals surface area contributed by atoms with Crippen LogP contribution in [0.3, 0.4) is 0 Å². The van der Waals surface area contributed by atoms with Crippen LogP contribution in [0.5, 0.6) is 5.75 Å². The third-order valence-electron chi connectivity index (χ3n) is 4.92. The number of ether oxygens (including phenoxy) is 1. The van der Waals surface area contributed by atoms with Gasteiger partial charge in [0.1, 0.15) is 5.75 Å². The lowest BCUT2D eigenvalue weighted by molar-refractivity contribution is 0.0724. The summed E-state index contributed by atoms with van der Waals surface area (Å²) in [6.45, 7) is 4.46. The lowest BCUT2D eigenvalue weighted by Crippen LogP contribution is -2.35. The van der Waals surface area contributed by atoms with Gasteiger partial charge in [-0.15, -0.1) is 0 Å². The van der Waals surface area contributed by atoms with Crippen LogP contribution >= 0.6 is 0 Å². The number of unbranched alkanes of at least 4 members (excludes halogenated alkanes) is 1. The fourth-order valence-corrected chi connectivity index (χ4v) is 3.22. The Kier molecular flexibility index (Phi) is 7.06. The number of benzene rings is 2. The highest BCUT2D eigenvalue weighted by Crippen LogP contribution is 2.17. The Bertz CT molecular complexity index is 778. The number of anilines is 1. The molecule has 5 heteroatoms. The van der Waals surface area contributed by atoms with Gasteiger partial charge in [-0.1, -0.05) is 13.3 Å². The smallest absolute Gasteiger partial charge is 0.255 e. The zero-order valence-electron chi connectivity index (χ0n) is 16.4. The van der Waals surface area contributed by atoms with Crippen molar-refractivity contribution in [3.8, 4) is 5.75 Å². The lowest BCUT2D eigenvalue weighted by atomic mass is 10.1. The van der Waals surface area contributed by atoms with Crippen molar-refractivity contribution in [3.05, 3.63) is 59.7 Å². The van der Waals surface area contributed by atoms with Crippen molar-refractivity contribution in [2.24, 2.45) is 0 Å². The molecule has 1 heterocycles. The molecular formula is C23H28N2O3. The molecule has 1 aliphatic heterocycles. The van der Waals surface area contributed by atoms with Gasteiger partial charge in [0.15, 0.2) is 0 Å². The molecule has 5 nitrogen and oxygen atoms in total. The summed E-state index contributed by atoms with van der Waals surface area (Å²) >= 11 is 0. The van der Waals surface area contributed by atoms with Crippen LogP contribution in [0.4, 0.5) is 5.69 Å². The summed E-state index contributed by atoms with van der Waals surface area (Å²) in [5, 5.41) is 2.87. The Morgan fingerprint density at radius 1 is 0.929 bits per heavy atom. The van der Waals surface area contributed by atoms with E-state index in [4.69, 9.17) is 4.74 Å². The molecule has 2 aromatic rings. The molecule has 1 saturated heterocycles. The van der Waals surface area contributed by atoms with Gasteiger partial charge in [-0.3, -0.25) is 9.59 Å². The number of hydrogen-bond acceptors (Lipinski definition) is 3. The van der Waals surface area contributed by atoms with Gasteiger partial charge >= 0.3 is 0 Å². The predicted molar refractivity (Wildman–Crippen MR) is 111 cm³/mol. The van der Waals surface area contributed by atoms with Crippen molar-refractivity contribution in [1.29, 1.82) is 0 Å². The molecule has 2 aromatic carbocycles. The van der Waals surface area contributed by atoms with Crippen LogP contribution in [-0.2, 0) is 0 Å². The molecule has 0 bridgehead atoms. The predicted octanol–water partition coefficient (Wildman–Crippen LogP) is 4.74. The molecule has 28 heavy (non-hydrogen) atoms. The Balaban J connectivity index is 1.56. The largest absolute Gasteiger partial charge is 0.494 e. The standard InChI is InChI=1S/C23H28N2O3/c1-2-3-17-28-21-13-9-18(10-14-21)22(26)24-20-11-7-19(8-12-20)23(27)25-15-5-4-6-16-25/h7-14H,2-6,15-17H2,1H3,(H,24,26). The van der Waals surface area contributed by atoms with Crippen molar-refractivity contribution in [2.75, 3.05) is 25.0 Å². The Labute approximate surface area is 166 Å². The first-order valence-corrected chi connectivity index (χ1v) is 10.1. The zero-order chi connectivity index (χ0) is 19.8. The Morgan fingerprint density at radius 3 is 2.21 bits per heavy atom. The molecule has 0 saturated carbocycles. The van der Waals surface area contributed by atoms with Crippen LogP contribution in [0, 0.1) is 0 Å². The van der Waals surface area contributed by atoms with Gasteiger partial charge in [0.05, 0.1) is 6.61 Å². The fourth-order valence-electron chi connectivity index (χ4n) is 3.22. The summed E-state index contributed by atoms with van der Waals surface area (Å²) in [4.78, 5) is 26.8. The van der Waals surface area contributed by atoms with Crippen LogP contribution in [-0.4, -0.2) is 36.4 Å². The maximum atomic E-state index is 12.5. The maximum Gasteiger partial charge on any atom is 0.255 e. The third-order valence-corrected chi connectivity index (χ3v) is 4.92. The van der Waals surface area contributed by atoms with E-state index in [0.717, 1.165) is 44.5 Å². The van der Waals surface area contributed by atoms with Crippen LogP contribution in [0.25, 0.3) is 0 Å².